The largest absolute Gasteiger partial charge is 0.309 e. The molecule has 3 heterocycles. The highest BCUT2D eigenvalue weighted by atomic mass is 32.1. The Balaban J connectivity index is 1.10. The molecule has 9 aromatic carbocycles. The average Bonchev–Trinajstić information content (AvgIpc) is 4.10. The van der Waals surface area contributed by atoms with Crippen molar-refractivity contribution in [1.29, 1.82) is 0 Å². The molecule has 1 atom stereocenters. The monoisotopic (exact) mass is 842 g/mol. The summed E-state index contributed by atoms with van der Waals surface area (Å²) < 4.78 is 5.08. The van der Waals surface area contributed by atoms with Gasteiger partial charge in [-0.1, -0.05) is 170 Å². The number of rotatable bonds is 3. The highest BCUT2D eigenvalue weighted by Crippen LogP contribution is 2.66. The van der Waals surface area contributed by atoms with Crippen LogP contribution < -0.4 is 0 Å². The van der Waals surface area contributed by atoms with Crippen molar-refractivity contribution >= 4 is 80.6 Å². The fourth-order valence-corrected chi connectivity index (χ4v) is 13.8. The molecule has 15 rings (SSSR count). The smallest absolute Gasteiger partial charge is 0.0795 e. The molecule has 1 spiro atoms. The Morgan fingerprint density at radius 3 is 1.92 bits per heavy atom. The Hall–Kier alpha value is -7.85. The molecular weight excluding hydrogens is 805 g/mol. The summed E-state index contributed by atoms with van der Waals surface area (Å²) in [4.78, 5) is 5.82. The van der Waals surface area contributed by atoms with E-state index in [0.29, 0.717) is 0 Å². The third kappa shape index (κ3) is 4.65. The summed E-state index contributed by atoms with van der Waals surface area (Å²) in [5.74, 6) is 0.238. The van der Waals surface area contributed by atoms with E-state index >= 15 is 0 Å². The van der Waals surface area contributed by atoms with Gasteiger partial charge in [0.2, 0.25) is 0 Å². The number of aromatic nitrogens is 2. The summed E-state index contributed by atoms with van der Waals surface area (Å²) in [6.07, 6.45) is 8.07. The van der Waals surface area contributed by atoms with Crippen LogP contribution in [0.1, 0.15) is 28.7 Å². The van der Waals surface area contributed by atoms with Crippen molar-refractivity contribution in [2.75, 3.05) is 0 Å². The van der Waals surface area contributed by atoms with E-state index in [4.69, 9.17) is 4.98 Å². The van der Waals surface area contributed by atoms with Crippen molar-refractivity contribution in [2.24, 2.45) is 5.92 Å². The number of para-hydroxylation sites is 3. The molecule has 0 fully saturated rings. The van der Waals surface area contributed by atoms with E-state index in [9.17, 15) is 0 Å². The third-order valence-corrected chi connectivity index (χ3v) is 16.2. The van der Waals surface area contributed by atoms with Gasteiger partial charge >= 0.3 is 0 Å². The molecule has 3 aliphatic rings. The third-order valence-electron chi connectivity index (χ3n) is 15.0. The molecule has 302 valence electrons. The molecule has 0 radical (unpaired) electrons. The maximum Gasteiger partial charge on any atom is 0.0795 e. The lowest BCUT2D eigenvalue weighted by molar-refractivity contribution is 0.495. The van der Waals surface area contributed by atoms with E-state index in [1.165, 1.54) is 108 Å². The van der Waals surface area contributed by atoms with Gasteiger partial charge in [-0.25, -0.2) is 4.98 Å². The minimum absolute atomic E-state index is 0.238. The molecule has 0 bridgehead atoms. The molecule has 0 aliphatic heterocycles. The van der Waals surface area contributed by atoms with Gasteiger partial charge in [-0.2, -0.15) is 0 Å². The Morgan fingerprint density at radius 2 is 1.14 bits per heavy atom. The molecule has 0 N–H and O–H groups in total. The fraction of sp³-hybridized carbons (Fsp3) is 0.0484. The number of thiophene rings is 1. The van der Waals surface area contributed by atoms with Gasteiger partial charge in [-0.05, 0) is 104 Å². The Labute approximate surface area is 379 Å². The number of benzene rings is 9. The molecule has 3 heteroatoms. The van der Waals surface area contributed by atoms with Crippen molar-refractivity contribution in [3.63, 3.8) is 0 Å². The van der Waals surface area contributed by atoms with Crippen LogP contribution in [0.4, 0.5) is 0 Å². The lowest BCUT2D eigenvalue weighted by atomic mass is 9.65. The van der Waals surface area contributed by atoms with Crippen LogP contribution in [0.25, 0.3) is 108 Å². The van der Waals surface area contributed by atoms with Crippen LogP contribution in [0, 0.1) is 5.92 Å². The topological polar surface area (TPSA) is 17.8 Å². The molecule has 0 saturated heterocycles. The molecule has 2 nitrogen and oxygen atoms in total. The first-order valence-electron chi connectivity index (χ1n) is 22.7. The van der Waals surface area contributed by atoms with Gasteiger partial charge in [-0.3, -0.25) is 0 Å². The van der Waals surface area contributed by atoms with Crippen molar-refractivity contribution in [1.82, 2.24) is 9.55 Å². The second kappa shape index (κ2) is 13.1. The lowest BCUT2D eigenvalue weighted by Crippen LogP contribution is -2.32. The number of pyridine rings is 1. The van der Waals surface area contributed by atoms with Crippen LogP contribution in [-0.4, -0.2) is 9.55 Å². The molecule has 0 saturated carbocycles. The van der Waals surface area contributed by atoms with Crippen molar-refractivity contribution < 1.29 is 0 Å². The van der Waals surface area contributed by atoms with Crippen molar-refractivity contribution in [3.05, 3.63) is 235 Å². The summed E-state index contributed by atoms with van der Waals surface area (Å²) in [6, 6.07) is 72.7. The SMILES string of the molecule is C1=CCC2C(=C1)c1c(ccc3c1c(-c1cc(-c4cccc5c4sc4ccccc45)cc(-n4c5ccccc5c5ccccc54)c1)nc1ccccc13)C21c2ccccc2-c2ccccc21. The minimum Gasteiger partial charge on any atom is -0.309 e. The number of hydrogen-bond donors (Lipinski definition) is 0. The van der Waals surface area contributed by atoms with Crippen LogP contribution >= 0.6 is 11.3 Å². The number of hydrogen-bond acceptors (Lipinski definition) is 2. The van der Waals surface area contributed by atoms with Gasteiger partial charge in [0.25, 0.3) is 0 Å². The minimum atomic E-state index is -0.330. The quantitative estimate of drug-likeness (QED) is 0.162. The van der Waals surface area contributed by atoms with E-state index in [-0.39, 0.29) is 11.3 Å². The first kappa shape index (κ1) is 35.6. The summed E-state index contributed by atoms with van der Waals surface area (Å²) in [5.41, 5.74) is 18.4. The normalized spacial score (nSPS) is 15.6. The summed E-state index contributed by atoms with van der Waals surface area (Å²) >= 11 is 1.89. The summed E-state index contributed by atoms with van der Waals surface area (Å²) in [6.45, 7) is 0. The molecule has 1 unspecified atom stereocenters. The van der Waals surface area contributed by atoms with Crippen LogP contribution in [0.2, 0.25) is 0 Å². The van der Waals surface area contributed by atoms with Crippen LogP contribution in [-0.2, 0) is 5.41 Å². The second-order valence-corrected chi connectivity index (χ2v) is 19.1. The van der Waals surface area contributed by atoms with Gasteiger partial charge in [0.1, 0.15) is 0 Å². The van der Waals surface area contributed by atoms with E-state index in [1.807, 2.05) is 11.3 Å². The fourth-order valence-electron chi connectivity index (χ4n) is 12.5. The molecular formula is C62H38N2S. The van der Waals surface area contributed by atoms with Gasteiger partial charge < -0.3 is 4.57 Å². The number of nitrogens with zero attached hydrogens (tertiary/aromatic N) is 2. The van der Waals surface area contributed by atoms with Crippen molar-refractivity contribution in [2.45, 2.75) is 11.8 Å². The first-order valence-corrected chi connectivity index (χ1v) is 23.5. The van der Waals surface area contributed by atoms with E-state index in [2.05, 4.69) is 217 Å². The zero-order valence-corrected chi connectivity index (χ0v) is 36.1. The van der Waals surface area contributed by atoms with Crippen LogP contribution in [0.5, 0.6) is 0 Å². The highest BCUT2D eigenvalue weighted by Gasteiger charge is 2.56. The number of allylic oxidation sites excluding steroid dienone is 4. The number of fused-ring (bicyclic) bond motifs is 20. The van der Waals surface area contributed by atoms with E-state index in [0.717, 1.165) is 28.9 Å². The summed E-state index contributed by atoms with van der Waals surface area (Å²) in [5, 5.41) is 8.75. The van der Waals surface area contributed by atoms with Gasteiger partial charge in [0, 0.05) is 58.9 Å². The Morgan fingerprint density at radius 1 is 0.508 bits per heavy atom. The van der Waals surface area contributed by atoms with Gasteiger partial charge in [0.05, 0.1) is 27.7 Å². The zero-order chi connectivity index (χ0) is 42.4. The van der Waals surface area contributed by atoms with E-state index < -0.39 is 0 Å². The predicted octanol–water partition coefficient (Wildman–Crippen LogP) is 16.5. The second-order valence-electron chi connectivity index (χ2n) is 18.0. The summed E-state index contributed by atoms with van der Waals surface area (Å²) in [7, 11) is 0. The van der Waals surface area contributed by atoms with Gasteiger partial charge in [0.15, 0.2) is 0 Å². The molecule has 0 amide bonds. The predicted molar refractivity (Wildman–Crippen MR) is 274 cm³/mol. The van der Waals surface area contributed by atoms with Crippen LogP contribution in [0.15, 0.2) is 212 Å². The maximum absolute atomic E-state index is 5.82. The Kier molecular flexibility index (Phi) is 7.18. The molecule has 12 aromatic rings. The lowest BCUT2D eigenvalue weighted by Gasteiger charge is -2.36. The van der Waals surface area contributed by atoms with Crippen LogP contribution in [0.3, 0.4) is 0 Å². The molecule has 3 aliphatic carbocycles. The Bertz CT molecular complexity index is 4020. The maximum atomic E-state index is 5.82. The van der Waals surface area contributed by atoms with Gasteiger partial charge in [-0.15, -0.1) is 11.3 Å². The standard InChI is InChI=1S/C62H38N2S/c1-8-25-50-41(16-1)42-17-2-9-26-51(42)62(50)52-27-10-3-22-49(52)58-53(62)33-32-47-43-18-4-11-28-54(43)63-60(59(47)58)38-34-37(40-23-15-24-48-46-21-7-14-31-57(46)65-61(40)48)35-39(36-38)64-55-29-12-5-19-44(55)45-20-6-13-30-56(45)64/h1-26,28-36,52H,27H2. The molecule has 65 heavy (non-hydrogen) atoms. The molecule has 3 aromatic heterocycles. The van der Waals surface area contributed by atoms with E-state index in [1.54, 1.807) is 0 Å². The van der Waals surface area contributed by atoms with Crippen molar-refractivity contribution in [3.8, 4) is 39.2 Å². The highest BCUT2D eigenvalue weighted by molar-refractivity contribution is 7.26. The first-order chi connectivity index (χ1) is 32.3. The zero-order valence-electron chi connectivity index (χ0n) is 35.3. The average molecular weight is 843 g/mol.